The molecule has 4 aromatic rings. The van der Waals surface area contributed by atoms with Crippen LogP contribution in [-0.2, 0) is 19.4 Å². The van der Waals surface area contributed by atoms with Crippen LogP contribution in [0.5, 0.6) is 11.6 Å². The molecule has 7 rings (SSSR count). The summed E-state index contributed by atoms with van der Waals surface area (Å²) in [6.07, 6.45) is 8.04. The summed E-state index contributed by atoms with van der Waals surface area (Å²) < 4.78 is 22.4. The maximum atomic E-state index is 14.4. The van der Waals surface area contributed by atoms with Crippen molar-refractivity contribution < 1.29 is 18.7 Å². The summed E-state index contributed by atoms with van der Waals surface area (Å²) >= 11 is 0. The first kappa shape index (κ1) is 34.8. The molecule has 3 aliphatic rings. The van der Waals surface area contributed by atoms with Gasteiger partial charge in [-0.05, 0) is 113 Å². The van der Waals surface area contributed by atoms with E-state index in [1.807, 2.05) is 28.9 Å². The van der Waals surface area contributed by atoms with Gasteiger partial charge in [0.2, 0.25) is 5.88 Å². The molecule has 0 bridgehead atoms. The van der Waals surface area contributed by atoms with Gasteiger partial charge in [0, 0.05) is 49.5 Å². The van der Waals surface area contributed by atoms with Gasteiger partial charge in [-0.25, -0.2) is 9.37 Å². The highest BCUT2D eigenvalue weighted by Gasteiger charge is 2.27. The number of nitrogens with one attached hydrogen (secondary N) is 3. The van der Waals surface area contributed by atoms with Crippen molar-refractivity contribution in [2.45, 2.75) is 95.9 Å². The summed E-state index contributed by atoms with van der Waals surface area (Å²) in [6, 6.07) is 20.2. The van der Waals surface area contributed by atoms with Crippen molar-refractivity contribution in [3.63, 3.8) is 0 Å². The maximum absolute atomic E-state index is 14.4. The molecule has 0 spiro atoms. The molecule has 268 valence electrons. The molecule has 4 heterocycles. The first-order valence-electron chi connectivity index (χ1n) is 18.5. The number of rotatable bonds is 11. The molecule has 3 N–H and O–H groups in total. The number of halogens is 1. The van der Waals surface area contributed by atoms with E-state index in [-0.39, 0.29) is 29.4 Å². The number of carbonyl (C=O) groups excluding carboxylic acids is 2. The molecule has 1 aliphatic carbocycles. The Bertz CT molecular complexity index is 1800. The molecule has 2 aromatic carbocycles. The van der Waals surface area contributed by atoms with Gasteiger partial charge >= 0.3 is 0 Å². The van der Waals surface area contributed by atoms with E-state index in [1.165, 1.54) is 5.56 Å². The molecule has 0 radical (unpaired) electrons. The van der Waals surface area contributed by atoms with Crippen molar-refractivity contribution in [2.75, 3.05) is 19.6 Å². The van der Waals surface area contributed by atoms with Crippen molar-refractivity contribution in [2.24, 2.45) is 0 Å². The fourth-order valence-corrected chi connectivity index (χ4v) is 7.79. The Morgan fingerprint density at radius 3 is 2.37 bits per heavy atom. The van der Waals surface area contributed by atoms with E-state index in [1.54, 1.807) is 6.07 Å². The summed E-state index contributed by atoms with van der Waals surface area (Å²) in [7, 11) is 0. The molecule has 2 aromatic heterocycles. The Kier molecular flexibility index (Phi) is 10.7. The molecule has 1 saturated heterocycles. The number of aromatic nitrogens is 3. The maximum Gasteiger partial charge on any atom is 0.272 e. The zero-order chi connectivity index (χ0) is 35.3. The quantitative estimate of drug-likeness (QED) is 0.179. The van der Waals surface area contributed by atoms with Crippen LogP contribution in [0.2, 0.25) is 0 Å². The molecule has 2 aliphatic heterocycles. The molecule has 2 amide bonds. The van der Waals surface area contributed by atoms with Gasteiger partial charge in [-0.1, -0.05) is 36.4 Å². The molecular weight excluding hydrogens is 645 g/mol. The van der Waals surface area contributed by atoms with Crippen LogP contribution in [0, 0.1) is 5.82 Å². The fourth-order valence-electron chi connectivity index (χ4n) is 7.79. The number of benzene rings is 2. The summed E-state index contributed by atoms with van der Waals surface area (Å²) in [5.41, 5.74) is 4.95. The second kappa shape index (κ2) is 15.7. The summed E-state index contributed by atoms with van der Waals surface area (Å²) in [6.45, 7) is 8.65. The molecule has 0 unspecified atom stereocenters. The van der Waals surface area contributed by atoms with Crippen LogP contribution in [-0.4, -0.2) is 75.3 Å². The minimum Gasteiger partial charge on any atom is -0.438 e. The number of piperazine rings is 1. The van der Waals surface area contributed by atoms with Crippen molar-refractivity contribution in [1.82, 2.24) is 35.6 Å². The first-order chi connectivity index (χ1) is 24.8. The van der Waals surface area contributed by atoms with Gasteiger partial charge in [-0.3, -0.25) is 14.3 Å². The number of aryl methyl sites for hydroxylation is 3. The minimum atomic E-state index is -0.616. The fraction of sp³-hybridized carbons (Fsp3) is 0.450. The second-order valence-corrected chi connectivity index (χ2v) is 14.5. The average Bonchev–Trinajstić information content (AvgIpc) is 3.74. The van der Waals surface area contributed by atoms with Crippen LogP contribution in [0.1, 0.15) is 84.5 Å². The molecule has 1 saturated carbocycles. The highest BCUT2D eigenvalue weighted by atomic mass is 19.1. The number of hydrogen-bond acceptors (Lipinski definition) is 7. The van der Waals surface area contributed by atoms with E-state index >= 15 is 0 Å². The zero-order valence-electron chi connectivity index (χ0n) is 29.5. The Hall–Kier alpha value is -4.61. The van der Waals surface area contributed by atoms with Gasteiger partial charge < -0.3 is 25.6 Å². The van der Waals surface area contributed by atoms with E-state index in [2.05, 4.69) is 69.0 Å². The molecule has 51 heavy (non-hydrogen) atoms. The van der Waals surface area contributed by atoms with E-state index in [0.29, 0.717) is 36.4 Å². The van der Waals surface area contributed by atoms with Crippen LogP contribution < -0.4 is 20.7 Å². The lowest BCUT2D eigenvalue weighted by Crippen LogP contribution is -2.54. The van der Waals surface area contributed by atoms with Gasteiger partial charge in [-0.2, -0.15) is 5.10 Å². The highest BCUT2D eigenvalue weighted by Crippen LogP contribution is 2.30. The van der Waals surface area contributed by atoms with Crippen LogP contribution in [0.15, 0.2) is 66.9 Å². The van der Waals surface area contributed by atoms with Gasteiger partial charge in [0.15, 0.2) is 0 Å². The largest absolute Gasteiger partial charge is 0.438 e. The summed E-state index contributed by atoms with van der Waals surface area (Å²) in [5, 5.41) is 14.2. The second-order valence-electron chi connectivity index (χ2n) is 14.5. The first-order valence-corrected chi connectivity index (χ1v) is 18.5. The Labute approximate surface area is 299 Å². The highest BCUT2D eigenvalue weighted by molar-refractivity contribution is 5.96. The SMILES string of the molecule is C[C@@H]1CN(CCCc2ccc(-c3cccc(Oc4ncc(F)cc4C(=O)NC4CCC(NC(=O)c5cc6n(n5)CCC6)CC4)c3)cc2)C[C@H](C)N1. The Balaban J connectivity index is 0.919. The van der Waals surface area contributed by atoms with Crippen LogP contribution in [0.4, 0.5) is 4.39 Å². The number of pyridine rings is 1. The normalized spacial score (nSPS) is 21.9. The number of fused-ring (bicyclic) bond motifs is 1. The third kappa shape index (κ3) is 8.83. The van der Waals surface area contributed by atoms with E-state index in [4.69, 9.17) is 4.74 Å². The monoisotopic (exact) mass is 693 g/mol. The standard InChI is InChI=1S/C40H48FN7O3/c1-26-24-47(25-27(2)43-26)18-4-6-28-10-12-29(13-11-28)30-7-3-9-35(20-30)51-40-36(21-31(41)23-42-40)38(49)44-32-14-16-33(17-15-32)45-39(50)37-22-34-8-5-19-48(34)46-37/h3,7,9-13,20-23,26-27,32-33,43H,4-6,8,14-19,24-25H2,1-2H3,(H,44,49)(H,45,50)/t26-,27+,32?,33?. The van der Waals surface area contributed by atoms with Gasteiger partial charge in [0.25, 0.3) is 11.8 Å². The zero-order valence-corrected chi connectivity index (χ0v) is 29.5. The number of hydrogen-bond donors (Lipinski definition) is 3. The van der Waals surface area contributed by atoms with Crippen molar-refractivity contribution in [1.29, 1.82) is 0 Å². The summed E-state index contributed by atoms with van der Waals surface area (Å²) in [5.74, 6) is -0.662. The molecular formula is C40H48FN7O3. The van der Waals surface area contributed by atoms with E-state index in [0.717, 1.165) is 93.8 Å². The lowest BCUT2D eigenvalue weighted by atomic mass is 9.91. The predicted molar refractivity (Wildman–Crippen MR) is 194 cm³/mol. The Morgan fingerprint density at radius 1 is 0.922 bits per heavy atom. The molecule has 10 nitrogen and oxygen atoms in total. The van der Waals surface area contributed by atoms with Gasteiger partial charge in [-0.15, -0.1) is 0 Å². The van der Waals surface area contributed by atoms with Crippen molar-refractivity contribution in [3.8, 4) is 22.8 Å². The number of ether oxygens (including phenoxy) is 1. The molecule has 2 atom stereocenters. The lowest BCUT2D eigenvalue weighted by molar-refractivity contribution is 0.0887. The molecule has 2 fully saturated rings. The van der Waals surface area contributed by atoms with Crippen LogP contribution in [0.25, 0.3) is 11.1 Å². The number of nitrogens with zero attached hydrogens (tertiary/aromatic N) is 4. The van der Waals surface area contributed by atoms with Crippen LogP contribution >= 0.6 is 0 Å². The molecule has 11 heteroatoms. The van der Waals surface area contributed by atoms with Crippen LogP contribution in [0.3, 0.4) is 0 Å². The van der Waals surface area contributed by atoms with Crippen molar-refractivity contribution in [3.05, 3.63) is 95.2 Å². The Morgan fingerprint density at radius 2 is 1.65 bits per heavy atom. The number of carbonyl (C=O) groups is 2. The third-order valence-corrected chi connectivity index (χ3v) is 10.3. The third-order valence-electron chi connectivity index (χ3n) is 10.3. The predicted octanol–water partition coefficient (Wildman–Crippen LogP) is 5.91. The minimum absolute atomic E-state index is 0.0100. The number of amides is 2. The van der Waals surface area contributed by atoms with E-state index < -0.39 is 11.7 Å². The summed E-state index contributed by atoms with van der Waals surface area (Å²) in [4.78, 5) is 32.9. The average molecular weight is 694 g/mol. The van der Waals surface area contributed by atoms with E-state index in [9.17, 15) is 14.0 Å². The smallest absolute Gasteiger partial charge is 0.272 e. The van der Waals surface area contributed by atoms with Crippen molar-refractivity contribution >= 4 is 11.8 Å². The van der Waals surface area contributed by atoms with Gasteiger partial charge in [0.1, 0.15) is 22.8 Å². The topological polar surface area (TPSA) is 113 Å². The van der Waals surface area contributed by atoms with Gasteiger partial charge in [0.05, 0.1) is 6.20 Å². The lowest BCUT2D eigenvalue weighted by Gasteiger charge is -2.36.